The normalized spacial score (nSPS) is 16.8. The highest BCUT2D eigenvalue weighted by Crippen LogP contribution is 2.37. The van der Waals surface area contributed by atoms with Crippen molar-refractivity contribution < 1.29 is 9.76 Å². The van der Waals surface area contributed by atoms with Gasteiger partial charge in [-0.05, 0) is 37.1 Å². The van der Waals surface area contributed by atoms with Crippen molar-refractivity contribution >= 4 is 17.2 Å². The molecule has 0 amide bonds. The van der Waals surface area contributed by atoms with E-state index in [1.165, 1.54) is 6.07 Å². The van der Waals surface area contributed by atoms with Crippen LogP contribution in [0.1, 0.15) is 36.1 Å². The third kappa shape index (κ3) is 3.94. The minimum Gasteiger partial charge on any atom is -0.388 e. The molecule has 0 atom stereocenters. The predicted octanol–water partition coefficient (Wildman–Crippen LogP) is 3.34. The number of nitrogens with zero attached hydrogens (tertiary/aromatic N) is 5. The van der Waals surface area contributed by atoms with Gasteiger partial charge in [-0.3, -0.25) is 10.1 Å². The maximum absolute atomic E-state index is 11.4. The van der Waals surface area contributed by atoms with Gasteiger partial charge in [-0.15, -0.1) is 0 Å². The van der Waals surface area contributed by atoms with Gasteiger partial charge in [-0.1, -0.05) is 17.1 Å². The fourth-order valence-electron chi connectivity index (χ4n) is 3.70. The largest absolute Gasteiger partial charge is 0.388 e. The molecule has 0 aliphatic carbocycles. The van der Waals surface area contributed by atoms with E-state index in [1.54, 1.807) is 24.3 Å². The van der Waals surface area contributed by atoms with Crippen molar-refractivity contribution in [1.82, 2.24) is 4.98 Å². The number of piperidine rings is 1. The zero-order chi connectivity index (χ0) is 21.1. The lowest BCUT2D eigenvalue weighted by Gasteiger charge is -2.37. The average molecular weight is 401 g/mol. The van der Waals surface area contributed by atoms with Crippen molar-refractivity contribution in [3.05, 3.63) is 63.3 Å². The predicted molar refractivity (Wildman–Crippen MR) is 111 cm³/mol. The summed E-state index contributed by atoms with van der Waals surface area (Å²) in [5.41, 5.74) is 2.33. The van der Waals surface area contributed by atoms with Crippen LogP contribution in [0.2, 0.25) is 0 Å². The van der Waals surface area contributed by atoms with E-state index in [-0.39, 0.29) is 5.69 Å². The number of pyridine rings is 1. The number of oxime groups is 1. The van der Waals surface area contributed by atoms with Crippen LogP contribution in [0.3, 0.4) is 0 Å². The van der Waals surface area contributed by atoms with E-state index in [9.17, 15) is 10.1 Å². The SMILES string of the molecule is Cc1ccc([N+](=O)[O-])c(N2CCC3(CC2)CC(C#Cc2cccc(C#N)c2)=NO3)n1. The molecule has 30 heavy (non-hydrogen) atoms. The highest BCUT2D eigenvalue weighted by molar-refractivity contribution is 6.01. The highest BCUT2D eigenvalue weighted by Gasteiger charge is 2.42. The quantitative estimate of drug-likeness (QED) is 0.434. The van der Waals surface area contributed by atoms with E-state index >= 15 is 0 Å². The van der Waals surface area contributed by atoms with E-state index < -0.39 is 10.5 Å². The summed E-state index contributed by atoms with van der Waals surface area (Å²) in [7, 11) is 0. The molecule has 2 aliphatic rings. The van der Waals surface area contributed by atoms with Gasteiger partial charge < -0.3 is 9.74 Å². The fourth-order valence-corrected chi connectivity index (χ4v) is 3.70. The van der Waals surface area contributed by atoms with Crippen molar-refractivity contribution in [1.29, 1.82) is 5.26 Å². The Morgan fingerprint density at radius 2 is 1.97 bits per heavy atom. The van der Waals surface area contributed by atoms with Crippen LogP contribution in [0.5, 0.6) is 0 Å². The Hall–Kier alpha value is -3.91. The number of hydrogen-bond donors (Lipinski definition) is 0. The van der Waals surface area contributed by atoms with Crippen LogP contribution in [0.4, 0.5) is 11.5 Å². The van der Waals surface area contributed by atoms with Gasteiger partial charge in [0.2, 0.25) is 5.82 Å². The molecule has 0 unspecified atom stereocenters. The Labute approximate surface area is 173 Å². The molecule has 0 saturated carbocycles. The summed E-state index contributed by atoms with van der Waals surface area (Å²) < 4.78 is 0. The van der Waals surface area contributed by atoms with Crippen molar-refractivity contribution in [2.75, 3.05) is 18.0 Å². The van der Waals surface area contributed by atoms with Crippen molar-refractivity contribution in [3.8, 4) is 17.9 Å². The van der Waals surface area contributed by atoms with Crippen molar-refractivity contribution in [2.45, 2.75) is 31.8 Å². The second kappa shape index (κ2) is 7.84. The first-order valence-corrected chi connectivity index (χ1v) is 9.62. The first kappa shape index (κ1) is 19.4. The van der Waals surface area contributed by atoms with E-state index in [4.69, 9.17) is 10.1 Å². The number of rotatable bonds is 2. The zero-order valence-corrected chi connectivity index (χ0v) is 16.5. The number of hydrogen-bond acceptors (Lipinski definition) is 7. The maximum atomic E-state index is 11.4. The molecule has 1 spiro atoms. The minimum atomic E-state index is -0.423. The molecule has 0 radical (unpaired) electrons. The number of aryl methyl sites for hydroxylation is 1. The Balaban J connectivity index is 1.42. The van der Waals surface area contributed by atoms with Gasteiger partial charge in [0.15, 0.2) is 0 Å². The second-order valence-electron chi connectivity index (χ2n) is 7.47. The molecular formula is C22H19N5O3. The molecule has 8 heteroatoms. The van der Waals surface area contributed by atoms with E-state index in [1.807, 2.05) is 17.9 Å². The lowest BCUT2D eigenvalue weighted by molar-refractivity contribution is -0.384. The molecule has 8 nitrogen and oxygen atoms in total. The molecule has 4 rings (SSSR count). The topological polar surface area (TPSA) is 105 Å². The summed E-state index contributed by atoms with van der Waals surface area (Å²) >= 11 is 0. The number of benzene rings is 1. The zero-order valence-electron chi connectivity index (χ0n) is 16.5. The molecule has 1 saturated heterocycles. The molecular weight excluding hydrogens is 382 g/mol. The summed E-state index contributed by atoms with van der Waals surface area (Å²) in [6, 6.07) is 12.4. The summed E-state index contributed by atoms with van der Waals surface area (Å²) in [5, 5.41) is 24.5. The van der Waals surface area contributed by atoms with Crippen LogP contribution in [0.15, 0.2) is 41.6 Å². The molecule has 3 heterocycles. The van der Waals surface area contributed by atoms with Crippen LogP contribution < -0.4 is 4.90 Å². The van der Waals surface area contributed by atoms with Gasteiger partial charge in [0, 0.05) is 49.7 Å². The van der Waals surface area contributed by atoms with E-state index in [0.717, 1.165) is 11.3 Å². The Morgan fingerprint density at radius 1 is 1.20 bits per heavy atom. The first-order valence-electron chi connectivity index (χ1n) is 9.62. The second-order valence-corrected chi connectivity index (χ2v) is 7.47. The number of nitro groups is 1. The van der Waals surface area contributed by atoms with Crippen LogP contribution in [0, 0.1) is 40.2 Å². The number of aromatic nitrogens is 1. The van der Waals surface area contributed by atoms with Gasteiger partial charge in [0.05, 0.1) is 16.6 Å². The van der Waals surface area contributed by atoms with Gasteiger partial charge in [0.1, 0.15) is 11.3 Å². The average Bonchev–Trinajstić information content (AvgIpc) is 3.15. The van der Waals surface area contributed by atoms with Crippen LogP contribution in [-0.2, 0) is 4.84 Å². The molecule has 1 fully saturated rings. The minimum absolute atomic E-state index is 0.0197. The summed E-state index contributed by atoms with van der Waals surface area (Å²) in [4.78, 5) is 23.1. The third-order valence-corrected chi connectivity index (χ3v) is 5.35. The van der Waals surface area contributed by atoms with Crippen LogP contribution >= 0.6 is 0 Å². The summed E-state index contributed by atoms with van der Waals surface area (Å²) in [6.07, 6.45) is 1.96. The van der Waals surface area contributed by atoms with Gasteiger partial charge in [0.25, 0.3) is 0 Å². The Morgan fingerprint density at radius 3 is 2.70 bits per heavy atom. The van der Waals surface area contributed by atoms with E-state index in [2.05, 4.69) is 28.0 Å². The highest BCUT2D eigenvalue weighted by atomic mass is 16.7. The monoisotopic (exact) mass is 401 g/mol. The maximum Gasteiger partial charge on any atom is 0.311 e. The van der Waals surface area contributed by atoms with Gasteiger partial charge >= 0.3 is 5.69 Å². The molecule has 150 valence electrons. The fraction of sp³-hybridized carbons (Fsp3) is 0.318. The molecule has 2 aliphatic heterocycles. The smallest absolute Gasteiger partial charge is 0.311 e. The van der Waals surface area contributed by atoms with E-state index in [0.29, 0.717) is 49.4 Å². The number of nitriles is 1. The lowest BCUT2D eigenvalue weighted by Crippen LogP contribution is -2.45. The lowest BCUT2D eigenvalue weighted by atomic mass is 9.87. The van der Waals surface area contributed by atoms with Crippen LogP contribution in [-0.4, -0.2) is 34.3 Å². The number of anilines is 1. The molecule has 1 aromatic heterocycles. The molecule has 2 aromatic rings. The first-order chi connectivity index (χ1) is 14.5. The summed E-state index contributed by atoms with van der Waals surface area (Å²) in [6.45, 7) is 3.01. The summed E-state index contributed by atoms with van der Waals surface area (Å²) in [5.74, 6) is 6.49. The van der Waals surface area contributed by atoms with Crippen LogP contribution in [0.25, 0.3) is 0 Å². The van der Waals surface area contributed by atoms with Gasteiger partial charge in [-0.2, -0.15) is 5.26 Å². The Kier molecular flexibility index (Phi) is 5.07. The van der Waals surface area contributed by atoms with Gasteiger partial charge in [-0.25, -0.2) is 4.98 Å². The van der Waals surface area contributed by atoms with Crippen molar-refractivity contribution in [2.24, 2.45) is 5.16 Å². The third-order valence-electron chi connectivity index (χ3n) is 5.35. The standard InChI is InChI=1S/C22H19N5O3/c1-16-5-8-20(27(28)29)21(24-16)26-11-9-22(10-12-26)14-19(25-30-22)7-6-17-3-2-4-18(13-17)15-23/h2-5,8,13H,9-12,14H2,1H3. The Bertz CT molecular complexity index is 1130. The molecule has 1 aromatic carbocycles. The molecule has 0 N–H and O–H groups in total. The molecule has 0 bridgehead atoms. The van der Waals surface area contributed by atoms with Crippen molar-refractivity contribution in [3.63, 3.8) is 0 Å².